The number of aromatic amines is 1. The third-order valence-corrected chi connectivity index (χ3v) is 4.21. The van der Waals surface area contributed by atoms with Crippen LogP contribution >= 0.6 is 0 Å². The van der Waals surface area contributed by atoms with E-state index < -0.39 is 11.7 Å². The van der Waals surface area contributed by atoms with E-state index in [1.807, 2.05) is 30.3 Å². The van der Waals surface area contributed by atoms with Crippen molar-refractivity contribution in [2.24, 2.45) is 0 Å². The summed E-state index contributed by atoms with van der Waals surface area (Å²) in [6, 6.07) is 11.8. The molecule has 2 N–H and O–H groups in total. The summed E-state index contributed by atoms with van der Waals surface area (Å²) in [6.45, 7) is 3.95. The van der Waals surface area contributed by atoms with Gasteiger partial charge in [0.2, 0.25) is 0 Å². The molecule has 3 heterocycles. The molecular formula is C20H14F3N5. The van der Waals surface area contributed by atoms with Gasteiger partial charge in [-0.2, -0.15) is 18.3 Å². The van der Waals surface area contributed by atoms with Crippen molar-refractivity contribution in [3.63, 3.8) is 0 Å². The summed E-state index contributed by atoms with van der Waals surface area (Å²) in [5.41, 5.74) is 2.90. The number of benzene rings is 1. The Kier molecular flexibility index (Phi) is 4.31. The number of hydrogen-bond donors (Lipinski definition) is 2. The van der Waals surface area contributed by atoms with Crippen LogP contribution in [0.4, 0.5) is 19.0 Å². The zero-order valence-electron chi connectivity index (χ0n) is 14.5. The first kappa shape index (κ1) is 17.7. The molecular weight excluding hydrogens is 367 g/mol. The van der Waals surface area contributed by atoms with Gasteiger partial charge in [0, 0.05) is 29.5 Å². The fraction of sp³-hybridized carbons (Fsp3) is 0.0500. The standard InChI is InChI=1S/C20H14F3N5/c1-12(26-18-7-5-15(11-25-18)20(21,22)23)19-16-9-13(4-6-17(16)27-28-19)14-3-2-8-24-10-14/h2-11H,1H2,(H,25,26)(H,27,28). The number of nitrogens with one attached hydrogen (secondary N) is 2. The van der Waals surface area contributed by atoms with Crippen LogP contribution in [0.1, 0.15) is 11.3 Å². The van der Waals surface area contributed by atoms with Gasteiger partial charge in [0.05, 0.1) is 16.8 Å². The monoisotopic (exact) mass is 381 g/mol. The fourth-order valence-electron chi connectivity index (χ4n) is 2.81. The SMILES string of the molecule is C=C(Nc1ccc(C(F)(F)F)cn1)c1n[nH]c2ccc(-c3cccnc3)cc12. The van der Waals surface area contributed by atoms with E-state index >= 15 is 0 Å². The van der Waals surface area contributed by atoms with Gasteiger partial charge in [-0.25, -0.2) is 4.98 Å². The molecule has 0 amide bonds. The summed E-state index contributed by atoms with van der Waals surface area (Å²) in [7, 11) is 0. The number of nitrogens with zero attached hydrogens (tertiary/aromatic N) is 3. The second kappa shape index (κ2) is 6.80. The number of fused-ring (bicyclic) bond motifs is 1. The Bertz CT molecular complexity index is 1130. The van der Waals surface area contributed by atoms with Crippen LogP contribution in [0.3, 0.4) is 0 Å². The second-order valence-electron chi connectivity index (χ2n) is 6.11. The summed E-state index contributed by atoms with van der Waals surface area (Å²) < 4.78 is 38.0. The lowest BCUT2D eigenvalue weighted by atomic mass is 10.0. The van der Waals surface area contributed by atoms with Crippen molar-refractivity contribution in [2.45, 2.75) is 6.18 Å². The molecule has 5 nitrogen and oxygen atoms in total. The highest BCUT2D eigenvalue weighted by molar-refractivity contribution is 5.94. The van der Waals surface area contributed by atoms with Crippen molar-refractivity contribution in [1.29, 1.82) is 0 Å². The van der Waals surface area contributed by atoms with Crippen molar-refractivity contribution in [1.82, 2.24) is 20.2 Å². The molecule has 0 fully saturated rings. The molecule has 0 aliphatic heterocycles. The quantitative estimate of drug-likeness (QED) is 0.515. The highest BCUT2D eigenvalue weighted by Crippen LogP contribution is 2.30. The van der Waals surface area contributed by atoms with Crippen molar-refractivity contribution < 1.29 is 13.2 Å². The van der Waals surface area contributed by atoms with Gasteiger partial charge in [-0.1, -0.05) is 18.7 Å². The number of rotatable bonds is 4. The summed E-state index contributed by atoms with van der Waals surface area (Å²) >= 11 is 0. The van der Waals surface area contributed by atoms with Gasteiger partial charge in [-0.3, -0.25) is 10.1 Å². The minimum atomic E-state index is -4.43. The Morgan fingerprint density at radius 3 is 2.57 bits per heavy atom. The second-order valence-corrected chi connectivity index (χ2v) is 6.11. The molecule has 0 aliphatic rings. The van der Waals surface area contributed by atoms with E-state index in [-0.39, 0.29) is 5.82 Å². The van der Waals surface area contributed by atoms with Crippen LogP contribution in [0.25, 0.3) is 27.7 Å². The van der Waals surface area contributed by atoms with E-state index in [4.69, 9.17) is 0 Å². The highest BCUT2D eigenvalue weighted by Gasteiger charge is 2.30. The van der Waals surface area contributed by atoms with Crippen LogP contribution in [-0.2, 0) is 6.18 Å². The lowest BCUT2D eigenvalue weighted by Gasteiger charge is -2.10. The minimum Gasteiger partial charge on any atom is -0.339 e. The lowest BCUT2D eigenvalue weighted by Crippen LogP contribution is -2.06. The Morgan fingerprint density at radius 2 is 1.89 bits per heavy atom. The number of halogens is 3. The maximum atomic E-state index is 12.7. The van der Waals surface area contributed by atoms with Crippen molar-refractivity contribution in [3.8, 4) is 11.1 Å². The number of aromatic nitrogens is 4. The van der Waals surface area contributed by atoms with Crippen LogP contribution in [0.15, 0.2) is 67.6 Å². The van der Waals surface area contributed by atoms with Gasteiger partial charge in [0.15, 0.2) is 0 Å². The lowest BCUT2D eigenvalue weighted by molar-refractivity contribution is -0.137. The third-order valence-electron chi connectivity index (χ3n) is 4.21. The maximum absolute atomic E-state index is 12.7. The molecule has 0 atom stereocenters. The summed E-state index contributed by atoms with van der Waals surface area (Å²) in [4.78, 5) is 7.93. The molecule has 8 heteroatoms. The first-order valence-corrected chi connectivity index (χ1v) is 8.30. The Labute approximate surface area is 158 Å². The van der Waals surface area contributed by atoms with Crippen LogP contribution < -0.4 is 5.32 Å². The molecule has 0 bridgehead atoms. The fourth-order valence-corrected chi connectivity index (χ4v) is 2.81. The van der Waals surface area contributed by atoms with Crippen LogP contribution in [0.5, 0.6) is 0 Å². The van der Waals surface area contributed by atoms with E-state index in [0.29, 0.717) is 11.4 Å². The van der Waals surface area contributed by atoms with Gasteiger partial charge in [-0.05, 0) is 35.9 Å². The van der Waals surface area contributed by atoms with Gasteiger partial charge < -0.3 is 5.32 Å². The van der Waals surface area contributed by atoms with Crippen LogP contribution in [-0.4, -0.2) is 20.2 Å². The number of anilines is 1. The predicted molar refractivity (Wildman–Crippen MR) is 101 cm³/mol. The Hall–Kier alpha value is -3.68. The largest absolute Gasteiger partial charge is 0.417 e. The van der Waals surface area contributed by atoms with Crippen LogP contribution in [0, 0.1) is 0 Å². The van der Waals surface area contributed by atoms with Crippen molar-refractivity contribution in [3.05, 3.63) is 78.9 Å². The Morgan fingerprint density at radius 1 is 1.04 bits per heavy atom. The number of H-pyrrole nitrogens is 1. The molecule has 0 aliphatic carbocycles. The van der Waals surface area contributed by atoms with Crippen LogP contribution in [0.2, 0.25) is 0 Å². The number of hydrogen-bond acceptors (Lipinski definition) is 4. The molecule has 0 unspecified atom stereocenters. The van der Waals surface area contributed by atoms with E-state index in [1.165, 1.54) is 6.07 Å². The normalized spacial score (nSPS) is 11.5. The van der Waals surface area contributed by atoms with E-state index in [0.717, 1.165) is 34.3 Å². The first-order chi connectivity index (χ1) is 13.4. The molecule has 4 aromatic rings. The molecule has 3 aromatic heterocycles. The van der Waals surface area contributed by atoms with E-state index in [2.05, 4.69) is 32.1 Å². The molecule has 0 saturated heterocycles. The van der Waals surface area contributed by atoms with Gasteiger partial charge in [-0.15, -0.1) is 0 Å². The molecule has 28 heavy (non-hydrogen) atoms. The minimum absolute atomic E-state index is 0.248. The van der Waals surface area contributed by atoms with Crippen molar-refractivity contribution >= 4 is 22.4 Å². The van der Waals surface area contributed by atoms with E-state index in [9.17, 15) is 13.2 Å². The number of pyridine rings is 2. The average Bonchev–Trinajstić information content (AvgIpc) is 3.12. The zero-order chi connectivity index (χ0) is 19.7. The van der Waals surface area contributed by atoms with Gasteiger partial charge >= 0.3 is 6.18 Å². The smallest absolute Gasteiger partial charge is 0.339 e. The predicted octanol–water partition coefficient (Wildman–Crippen LogP) is 5.12. The molecule has 0 saturated carbocycles. The van der Waals surface area contributed by atoms with Crippen molar-refractivity contribution in [2.75, 3.05) is 5.32 Å². The molecule has 140 valence electrons. The van der Waals surface area contributed by atoms with Gasteiger partial charge in [0.1, 0.15) is 11.5 Å². The highest BCUT2D eigenvalue weighted by atomic mass is 19.4. The molecule has 4 rings (SSSR count). The zero-order valence-corrected chi connectivity index (χ0v) is 14.5. The summed E-state index contributed by atoms with van der Waals surface area (Å²) in [5, 5.41) is 10.9. The number of alkyl halides is 3. The third kappa shape index (κ3) is 3.44. The van der Waals surface area contributed by atoms with Gasteiger partial charge in [0.25, 0.3) is 0 Å². The summed E-state index contributed by atoms with van der Waals surface area (Å²) in [5.74, 6) is 0.248. The topological polar surface area (TPSA) is 66.5 Å². The van der Waals surface area contributed by atoms with E-state index in [1.54, 1.807) is 12.4 Å². The Balaban J connectivity index is 1.62. The first-order valence-electron chi connectivity index (χ1n) is 8.30. The molecule has 0 spiro atoms. The molecule has 1 aromatic carbocycles. The maximum Gasteiger partial charge on any atom is 0.417 e. The molecule has 0 radical (unpaired) electrons. The average molecular weight is 381 g/mol. The summed E-state index contributed by atoms with van der Waals surface area (Å²) in [6.07, 6.45) is -0.184.